The second-order valence-corrected chi connectivity index (χ2v) is 8.73. The van der Waals surface area contributed by atoms with E-state index in [2.05, 4.69) is 17.1 Å². The maximum atomic E-state index is 3.60. The van der Waals surface area contributed by atoms with E-state index in [1.807, 2.05) is 0 Å². The van der Waals surface area contributed by atoms with Gasteiger partial charge < -0.3 is 5.32 Å². The molecule has 0 radical (unpaired) electrons. The molecule has 0 spiro atoms. The highest BCUT2D eigenvalue weighted by atomic mass is 32.2. The summed E-state index contributed by atoms with van der Waals surface area (Å²) in [6, 6.07) is 0. The van der Waals surface area contributed by atoms with Crippen LogP contribution in [0.3, 0.4) is 0 Å². The second-order valence-electron chi connectivity index (χ2n) is 7.32. The molecule has 17 heavy (non-hydrogen) atoms. The quantitative estimate of drug-likeness (QED) is 0.808. The van der Waals surface area contributed by atoms with E-state index < -0.39 is 0 Å². The largest absolute Gasteiger partial charge is 0.315 e. The van der Waals surface area contributed by atoms with Gasteiger partial charge in [0.15, 0.2) is 0 Å². The van der Waals surface area contributed by atoms with Gasteiger partial charge in [-0.25, -0.2) is 0 Å². The molecule has 1 saturated heterocycles. The van der Waals surface area contributed by atoms with Gasteiger partial charge in [0.25, 0.3) is 0 Å². The Bertz CT molecular complexity index is 260. The molecule has 96 valence electrons. The minimum atomic E-state index is 0.797. The van der Waals surface area contributed by atoms with E-state index in [1.54, 1.807) is 38.5 Å². The van der Waals surface area contributed by atoms with E-state index in [9.17, 15) is 0 Å². The summed E-state index contributed by atoms with van der Waals surface area (Å²) in [5.74, 6) is 4.73. The SMILES string of the molecule is C1CSC(CC23CC4CC(CC(C4)C2)C3)CN1. The molecule has 1 heterocycles. The van der Waals surface area contributed by atoms with Gasteiger partial charge >= 0.3 is 0 Å². The summed E-state index contributed by atoms with van der Waals surface area (Å²) in [6.45, 7) is 2.52. The van der Waals surface area contributed by atoms with Gasteiger partial charge in [0.2, 0.25) is 0 Å². The second kappa shape index (κ2) is 4.16. The lowest BCUT2D eigenvalue weighted by molar-refractivity contribution is -0.0572. The van der Waals surface area contributed by atoms with Gasteiger partial charge in [0, 0.05) is 24.1 Å². The van der Waals surface area contributed by atoms with Gasteiger partial charge in [-0.05, 0) is 68.1 Å². The van der Waals surface area contributed by atoms with Crippen molar-refractivity contribution in [2.75, 3.05) is 18.8 Å². The van der Waals surface area contributed by atoms with Gasteiger partial charge in [-0.3, -0.25) is 0 Å². The van der Waals surface area contributed by atoms with Gasteiger partial charge in [0.05, 0.1) is 0 Å². The van der Waals surface area contributed by atoms with Crippen LogP contribution in [0, 0.1) is 23.2 Å². The topological polar surface area (TPSA) is 12.0 Å². The van der Waals surface area contributed by atoms with Gasteiger partial charge in [0.1, 0.15) is 0 Å². The Morgan fingerprint density at radius 2 is 1.65 bits per heavy atom. The van der Waals surface area contributed by atoms with Crippen molar-refractivity contribution in [2.45, 2.75) is 50.2 Å². The Morgan fingerprint density at radius 1 is 1.00 bits per heavy atom. The third kappa shape index (κ3) is 2.06. The van der Waals surface area contributed by atoms with Crippen molar-refractivity contribution >= 4 is 11.8 Å². The fraction of sp³-hybridized carbons (Fsp3) is 1.00. The molecular formula is C15H25NS. The standard InChI is InChI=1S/C15H25NS/c1-2-17-14(10-16-1)9-15-6-11-3-12(7-15)5-13(4-11)8-15/h11-14,16H,1-10H2. The molecule has 4 aliphatic carbocycles. The van der Waals surface area contributed by atoms with Crippen molar-refractivity contribution < 1.29 is 0 Å². The van der Waals surface area contributed by atoms with Crippen molar-refractivity contribution in [3.63, 3.8) is 0 Å². The highest BCUT2D eigenvalue weighted by Gasteiger charge is 2.51. The molecule has 2 heteroatoms. The average molecular weight is 251 g/mol. The Hall–Kier alpha value is 0.310. The van der Waals surface area contributed by atoms with Crippen molar-refractivity contribution in [3.8, 4) is 0 Å². The van der Waals surface area contributed by atoms with Crippen molar-refractivity contribution in [3.05, 3.63) is 0 Å². The number of hydrogen-bond donors (Lipinski definition) is 1. The van der Waals surface area contributed by atoms with Crippen LogP contribution in [0.25, 0.3) is 0 Å². The number of rotatable bonds is 2. The first-order chi connectivity index (χ1) is 8.31. The molecule has 1 N–H and O–H groups in total. The van der Waals surface area contributed by atoms with Gasteiger partial charge in [-0.15, -0.1) is 0 Å². The van der Waals surface area contributed by atoms with Crippen LogP contribution >= 0.6 is 11.8 Å². The van der Waals surface area contributed by atoms with Gasteiger partial charge in [-0.1, -0.05) is 0 Å². The Morgan fingerprint density at radius 3 is 2.18 bits per heavy atom. The van der Waals surface area contributed by atoms with Crippen LogP contribution in [0.15, 0.2) is 0 Å². The fourth-order valence-corrected chi connectivity index (χ4v) is 7.08. The summed E-state index contributed by atoms with van der Waals surface area (Å²) >= 11 is 2.25. The van der Waals surface area contributed by atoms with E-state index in [4.69, 9.17) is 0 Å². The molecule has 5 rings (SSSR count). The lowest BCUT2D eigenvalue weighted by atomic mass is 9.48. The van der Waals surface area contributed by atoms with E-state index in [0.717, 1.165) is 28.4 Å². The first-order valence-corrected chi connectivity index (χ1v) is 8.69. The number of thioether (sulfide) groups is 1. The number of hydrogen-bond acceptors (Lipinski definition) is 2. The van der Waals surface area contributed by atoms with Crippen molar-refractivity contribution in [1.82, 2.24) is 5.32 Å². The predicted molar refractivity (Wildman–Crippen MR) is 74.3 cm³/mol. The zero-order chi connectivity index (χ0) is 11.3. The molecule has 5 aliphatic rings. The minimum absolute atomic E-state index is 0.797. The molecule has 1 atom stereocenters. The summed E-state index contributed by atoms with van der Waals surface area (Å²) in [6.07, 6.45) is 11.1. The molecule has 1 nitrogen and oxygen atoms in total. The van der Waals surface area contributed by atoms with Crippen LogP contribution in [-0.4, -0.2) is 24.1 Å². The molecule has 0 aromatic rings. The van der Waals surface area contributed by atoms with Crippen molar-refractivity contribution in [1.29, 1.82) is 0 Å². The van der Waals surface area contributed by atoms with E-state index in [0.29, 0.717) is 0 Å². The average Bonchev–Trinajstić information content (AvgIpc) is 2.27. The van der Waals surface area contributed by atoms with E-state index in [-0.39, 0.29) is 0 Å². The predicted octanol–water partition coefficient (Wildman–Crippen LogP) is 3.30. The fourth-order valence-electron chi connectivity index (χ4n) is 5.77. The normalized spacial score (nSPS) is 52.9. The Kier molecular flexibility index (Phi) is 2.73. The molecular weight excluding hydrogens is 226 g/mol. The van der Waals surface area contributed by atoms with Crippen LogP contribution < -0.4 is 5.32 Å². The van der Waals surface area contributed by atoms with Crippen molar-refractivity contribution in [2.24, 2.45) is 23.2 Å². The zero-order valence-electron chi connectivity index (χ0n) is 10.8. The Labute approximate surface area is 109 Å². The van der Waals surface area contributed by atoms with Crippen LogP contribution in [0.4, 0.5) is 0 Å². The molecule has 4 bridgehead atoms. The summed E-state index contributed by atoms with van der Waals surface area (Å²) in [5.41, 5.74) is 0.797. The molecule has 0 amide bonds. The lowest BCUT2D eigenvalue weighted by Gasteiger charge is -2.58. The molecule has 1 aliphatic heterocycles. The first kappa shape index (κ1) is 11.2. The summed E-state index contributed by atoms with van der Waals surface area (Å²) in [4.78, 5) is 0. The zero-order valence-corrected chi connectivity index (χ0v) is 11.6. The summed E-state index contributed by atoms with van der Waals surface area (Å²) in [5, 5.41) is 4.53. The van der Waals surface area contributed by atoms with Crippen LogP contribution in [0.5, 0.6) is 0 Å². The molecule has 5 fully saturated rings. The van der Waals surface area contributed by atoms with Crippen LogP contribution in [0.1, 0.15) is 44.9 Å². The minimum Gasteiger partial charge on any atom is -0.315 e. The highest BCUT2D eigenvalue weighted by molar-refractivity contribution is 8.00. The number of nitrogens with one attached hydrogen (secondary N) is 1. The van der Waals surface area contributed by atoms with Gasteiger partial charge in [-0.2, -0.15) is 11.8 Å². The van der Waals surface area contributed by atoms with Crippen LogP contribution in [-0.2, 0) is 0 Å². The lowest BCUT2D eigenvalue weighted by Crippen LogP contribution is -2.48. The monoisotopic (exact) mass is 251 g/mol. The van der Waals surface area contributed by atoms with E-state index >= 15 is 0 Å². The smallest absolute Gasteiger partial charge is 0.0178 e. The van der Waals surface area contributed by atoms with Crippen LogP contribution in [0.2, 0.25) is 0 Å². The molecule has 1 unspecified atom stereocenters. The first-order valence-electron chi connectivity index (χ1n) is 7.64. The third-order valence-corrected chi connectivity index (χ3v) is 7.07. The molecule has 0 aromatic carbocycles. The summed E-state index contributed by atoms with van der Waals surface area (Å²) < 4.78 is 0. The Balaban J connectivity index is 1.48. The maximum absolute atomic E-state index is 3.60. The summed E-state index contributed by atoms with van der Waals surface area (Å²) in [7, 11) is 0. The molecule has 0 aromatic heterocycles. The molecule has 4 saturated carbocycles. The highest BCUT2D eigenvalue weighted by Crippen LogP contribution is 2.62. The maximum Gasteiger partial charge on any atom is 0.0178 e. The third-order valence-electron chi connectivity index (χ3n) is 5.83. The van der Waals surface area contributed by atoms with E-state index in [1.165, 1.54) is 25.3 Å².